The summed E-state index contributed by atoms with van der Waals surface area (Å²) in [6, 6.07) is 0. The molecule has 4 heterocycles. The van der Waals surface area contributed by atoms with E-state index < -0.39 is 5.79 Å². The van der Waals surface area contributed by atoms with Crippen LogP contribution >= 0.6 is 0 Å². The van der Waals surface area contributed by atoms with E-state index in [2.05, 4.69) is 33.6 Å². The Morgan fingerprint density at radius 2 is 1.43 bits per heavy atom. The second-order valence-electron chi connectivity index (χ2n) is 8.26. The van der Waals surface area contributed by atoms with E-state index in [0.29, 0.717) is 13.2 Å². The van der Waals surface area contributed by atoms with Crippen LogP contribution in [0.15, 0.2) is 0 Å². The molecule has 0 spiro atoms. The van der Waals surface area contributed by atoms with Crippen molar-refractivity contribution in [2.75, 3.05) is 65.6 Å². The molecule has 0 aromatic heterocycles. The number of hydrogen-bond acceptors (Lipinski definition) is 7. The molecule has 0 N–H and O–H groups in total. The summed E-state index contributed by atoms with van der Waals surface area (Å²) in [6.45, 7) is 13.0. The molecule has 0 saturated carbocycles. The number of piperidine rings is 1. The Hall–Kier alpha value is -0.930. The van der Waals surface area contributed by atoms with Crippen LogP contribution in [0.25, 0.3) is 0 Å². The van der Waals surface area contributed by atoms with Crippen LogP contribution in [0.5, 0.6) is 0 Å². The first-order chi connectivity index (χ1) is 13.7. The predicted octanol–water partition coefficient (Wildman–Crippen LogP) is 1.59. The minimum absolute atomic E-state index is 0.198. The maximum absolute atomic E-state index is 13.4. The van der Waals surface area contributed by atoms with Gasteiger partial charge in [-0.2, -0.15) is 5.01 Å². The molecule has 4 aliphatic rings. The normalized spacial score (nSPS) is 33.8. The van der Waals surface area contributed by atoms with E-state index in [1.165, 1.54) is 32.1 Å². The molecule has 4 rings (SSSR count). The summed E-state index contributed by atoms with van der Waals surface area (Å²) in [7, 11) is 0. The standard InChI is InChI=1S/C20H37N5O3/c1-3-21(4-2)18-20(23-12-8-9-13-23,22-10-6-5-7-11-22)25(19(26)28-18)24-14-16-27-17-15-24/h18H,3-17H2,1-2H3. The topological polar surface area (TPSA) is 51.7 Å². The van der Waals surface area contributed by atoms with Crippen molar-refractivity contribution in [3.63, 3.8) is 0 Å². The number of likely N-dealkylation sites (N-methyl/N-ethyl adjacent to an activating group) is 1. The van der Waals surface area contributed by atoms with E-state index in [0.717, 1.165) is 52.4 Å². The van der Waals surface area contributed by atoms with E-state index in [9.17, 15) is 4.79 Å². The van der Waals surface area contributed by atoms with Gasteiger partial charge in [-0.1, -0.05) is 20.3 Å². The van der Waals surface area contributed by atoms with Gasteiger partial charge in [0.15, 0.2) is 0 Å². The second kappa shape index (κ2) is 8.83. The van der Waals surface area contributed by atoms with Gasteiger partial charge in [0.2, 0.25) is 12.0 Å². The van der Waals surface area contributed by atoms with E-state index in [1.54, 1.807) is 0 Å². The Kier molecular flexibility index (Phi) is 6.42. The number of amides is 1. The third-order valence-corrected chi connectivity index (χ3v) is 6.84. The van der Waals surface area contributed by atoms with Gasteiger partial charge in [0.25, 0.3) is 0 Å². The quantitative estimate of drug-likeness (QED) is 0.677. The summed E-state index contributed by atoms with van der Waals surface area (Å²) in [4.78, 5) is 20.8. The van der Waals surface area contributed by atoms with Gasteiger partial charge in [-0.05, 0) is 38.8 Å². The Bertz CT molecular complexity index is 528. The molecule has 1 amide bonds. The zero-order valence-electron chi connectivity index (χ0n) is 17.6. The zero-order valence-corrected chi connectivity index (χ0v) is 17.6. The highest BCUT2D eigenvalue weighted by molar-refractivity contribution is 5.71. The van der Waals surface area contributed by atoms with Crippen LogP contribution < -0.4 is 0 Å². The number of carbonyl (C=O) groups excluding carboxylic acids is 1. The molecule has 4 saturated heterocycles. The van der Waals surface area contributed by atoms with Gasteiger partial charge in [0.05, 0.1) is 13.2 Å². The Labute approximate surface area is 169 Å². The van der Waals surface area contributed by atoms with Gasteiger partial charge in [0.1, 0.15) is 0 Å². The first kappa shape index (κ1) is 20.3. The van der Waals surface area contributed by atoms with Gasteiger partial charge >= 0.3 is 6.09 Å². The first-order valence-corrected chi connectivity index (χ1v) is 11.3. The highest BCUT2D eigenvalue weighted by Gasteiger charge is 2.65. The lowest BCUT2D eigenvalue weighted by Crippen LogP contribution is -2.77. The van der Waals surface area contributed by atoms with Crippen molar-refractivity contribution < 1.29 is 14.3 Å². The summed E-state index contributed by atoms with van der Waals surface area (Å²) in [5.41, 5.74) is 0. The van der Waals surface area contributed by atoms with E-state index in [-0.39, 0.29) is 12.3 Å². The molecule has 4 aliphatic heterocycles. The van der Waals surface area contributed by atoms with E-state index in [1.807, 2.05) is 5.01 Å². The highest BCUT2D eigenvalue weighted by atomic mass is 16.6. The number of nitrogens with zero attached hydrogens (tertiary/aromatic N) is 5. The maximum atomic E-state index is 13.4. The van der Waals surface area contributed by atoms with E-state index in [4.69, 9.17) is 9.47 Å². The molecular formula is C20H37N5O3. The summed E-state index contributed by atoms with van der Waals surface area (Å²) in [5, 5.41) is 4.19. The highest BCUT2D eigenvalue weighted by Crippen LogP contribution is 2.43. The molecule has 28 heavy (non-hydrogen) atoms. The van der Waals surface area contributed by atoms with Gasteiger partial charge in [-0.25, -0.2) is 9.80 Å². The van der Waals surface area contributed by atoms with Gasteiger partial charge < -0.3 is 9.47 Å². The average molecular weight is 396 g/mol. The smallest absolute Gasteiger partial charge is 0.423 e. The molecular weight excluding hydrogens is 358 g/mol. The fourth-order valence-corrected chi connectivity index (χ4v) is 5.47. The van der Waals surface area contributed by atoms with Gasteiger partial charge in [0, 0.05) is 39.3 Å². The molecule has 0 aromatic rings. The van der Waals surface area contributed by atoms with Crippen molar-refractivity contribution in [1.82, 2.24) is 24.7 Å². The molecule has 0 aliphatic carbocycles. The zero-order chi connectivity index (χ0) is 19.6. The lowest BCUT2D eigenvalue weighted by molar-refractivity contribution is -0.252. The number of carbonyl (C=O) groups is 1. The second-order valence-corrected chi connectivity index (χ2v) is 8.26. The molecule has 4 fully saturated rings. The molecule has 0 radical (unpaired) electrons. The number of likely N-dealkylation sites (tertiary alicyclic amines) is 2. The van der Waals surface area contributed by atoms with Gasteiger partial charge in [-0.15, -0.1) is 0 Å². The summed E-state index contributed by atoms with van der Waals surface area (Å²) >= 11 is 0. The third kappa shape index (κ3) is 3.33. The summed E-state index contributed by atoms with van der Waals surface area (Å²) < 4.78 is 11.8. The Balaban J connectivity index is 1.80. The van der Waals surface area contributed by atoms with Crippen LogP contribution in [0, 0.1) is 0 Å². The molecule has 2 atom stereocenters. The number of rotatable bonds is 6. The first-order valence-electron chi connectivity index (χ1n) is 11.3. The van der Waals surface area contributed by atoms with Crippen LogP contribution in [-0.2, 0) is 9.47 Å². The number of hydrogen-bond donors (Lipinski definition) is 0. The molecule has 0 bridgehead atoms. The summed E-state index contributed by atoms with van der Waals surface area (Å²) in [5.74, 6) is -0.544. The number of cyclic esters (lactones) is 1. The maximum Gasteiger partial charge on any atom is 0.429 e. The van der Waals surface area contributed by atoms with Crippen molar-refractivity contribution in [1.29, 1.82) is 0 Å². The van der Waals surface area contributed by atoms with Crippen molar-refractivity contribution in [2.24, 2.45) is 0 Å². The monoisotopic (exact) mass is 395 g/mol. The lowest BCUT2D eigenvalue weighted by atomic mass is 10.1. The lowest BCUT2D eigenvalue weighted by Gasteiger charge is -2.56. The van der Waals surface area contributed by atoms with Gasteiger partial charge in [-0.3, -0.25) is 14.7 Å². The fourth-order valence-electron chi connectivity index (χ4n) is 5.47. The third-order valence-electron chi connectivity index (χ3n) is 6.84. The minimum Gasteiger partial charge on any atom is -0.423 e. The van der Waals surface area contributed by atoms with Crippen LogP contribution in [0.1, 0.15) is 46.0 Å². The van der Waals surface area contributed by atoms with Crippen molar-refractivity contribution in [3.8, 4) is 0 Å². The van der Waals surface area contributed by atoms with Crippen molar-refractivity contribution >= 4 is 6.09 Å². The number of morpholine rings is 1. The molecule has 2 unspecified atom stereocenters. The average Bonchev–Trinajstić information content (AvgIpc) is 3.37. The summed E-state index contributed by atoms with van der Waals surface area (Å²) in [6.07, 6.45) is 5.55. The van der Waals surface area contributed by atoms with Crippen LogP contribution in [0.3, 0.4) is 0 Å². The molecule has 160 valence electrons. The van der Waals surface area contributed by atoms with Crippen molar-refractivity contribution in [2.45, 2.75) is 58.0 Å². The fraction of sp³-hybridized carbons (Fsp3) is 0.950. The molecule has 8 heteroatoms. The van der Waals surface area contributed by atoms with Crippen molar-refractivity contribution in [3.05, 3.63) is 0 Å². The molecule has 0 aromatic carbocycles. The Morgan fingerprint density at radius 1 is 0.893 bits per heavy atom. The van der Waals surface area contributed by atoms with Crippen LogP contribution in [0.2, 0.25) is 0 Å². The van der Waals surface area contributed by atoms with E-state index >= 15 is 0 Å². The Morgan fingerprint density at radius 3 is 1.96 bits per heavy atom. The van der Waals surface area contributed by atoms with Crippen LogP contribution in [0.4, 0.5) is 4.79 Å². The predicted molar refractivity (Wildman–Crippen MR) is 106 cm³/mol. The SMILES string of the molecule is CCN(CC)C1OC(=O)N(N2CCOCC2)C1(N1CCCCC1)N1CCCC1. The number of hydrazine groups is 1. The number of ether oxygens (including phenoxy) is 2. The largest absolute Gasteiger partial charge is 0.429 e. The van der Waals surface area contributed by atoms with Crippen LogP contribution in [-0.4, -0.2) is 108 Å². The molecule has 8 nitrogen and oxygen atoms in total. The minimum atomic E-state index is -0.544.